The second-order valence-electron chi connectivity index (χ2n) is 8.95. The Kier molecular flexibility index (Phi) is 6.11. The van der Waals surface area contributed by atoms with Gasteiger partial charge in [-0.2, -0.15) is 0 Å². The molecule has 0 radical (unpaired) electrons. The number of pyridine rings is 1. The van der Waals surface area contributed by atoms with Gasteiger partial charge < -0.3 is 15.2 Å². The van der Waals surface area contributed by atoms with Gasteiger partial charge in [0.25, 0.3) is 0 Å². The van der Waals surface area contributed by atoms with E-state index in [1.165, 1.54) is 0 Å². The van der Waals surface area contributed by atoms with Gasteiger partial charge in [0, 0.05) is 24.8 Å². The zero-order valence-corrected chi connectivity index (χ0v) is 19.7. The van der Waals surface area contributed by atoms with E-state index in [4.69, 9.17) is 11.6 Å². The number of fused-ring (bicyclic) bond motifs is 1. The maximum Gasteiger partial charge on any atom is 0.229 e. The van der Waals surface area contributed by atoms with Crippen molar-refractivity contribution >= 4 is 44.2 Å². The van der Waals surface area contributed by atoms with Crippen LogP contribution in [-0.2, 0) is 21.2 Å². The predicted molar refractivity (Wildman–Crippen MR) is 129 cm³/mol. The molecule has 5 rings (SSSR count). The van der Waals surface area contributed by atoms with Gasteiger partial charge in [-0.3, -0.25) is 4.79 Å². The molecule has 0 bridgehead atoms. The van der Waals surface area contributed by atoms with E-state index in [0.717, 1.165) is 41.5 Å². The third-order valence-corrected chi connectivity index (χ3v) is 8.63. The summed E-state index contributed by atoms with van der Waals surface area (Å²) in [5, 5.41) is 6.66. The minimum absolute atomic E-state index is 0.0389. The highest BCUT2D eigenvalue weighted by Gasteiger charge is 2.28. The van der Waals surface area contributed by atoms with E-state index in [1.807, 2.05) is 22.8 Å². The normalized spacial score (nSPS) is 22.5. The van der Waals surface area contributed by atoms with E-state index >= 15 is 0 Å². The number of piperidine rings is 1. The number of carbonyl (C=O) groups excluding carboxylic acids is 1. The molecule has 174 valence electrons. The van der Waals surface area contributed by atoms with Crippen molar-refractivity contribution < 1.29 is 13.2 Å². The Morgan fingerprint density at radius 1 is 1.24 bits per heavy atom. The van der Waals surface area contributed by atoms with Gasteiger partial charge in [0.2, 0.25) is 5.91 Å². The largest absolute Gasteiger partial charge is 0.330 e. The number of amides is 1. The summed E-state index contributed by atoms with van der Waals surface area (Å²) in [4.78, 5) is 21.4. The number of rotatable bonds is 5. The number of nitrogens with one attached hydrogen (secondary N) is 2. The number of halogens is 1. The summed E-state index contributed by atoms with van der Waals surface area (Å²) in [7, 11) is -2.93. The average Bonchev–Trinajstić information content (AvgIpc) is 3.37. The van der Waals surface area contributed by atoms with Crippen LogP contribution < -0.4 is 10.6 Å². The number of anilines is 1. The van der Waals surface area contributed by atoms with Gasteiger partial charge in [-0.1, -0.05) is 17.7 Å². The van der Waals surface area contributed by atoms with Crippen LogP contribution in [0.3, 0.4) is 0 Å². The van der Waals surface area contributed by atoms with Crippen LogP contribution >= 0.6 is 11.6 Å². The first-order chi connectivity index (χ1) is 15.9. The first-order valence-electron chi connectivity index (χ1n) is 11.2. The van der Waals surface area contributed by atoms with Crippen LogP contribution in [0.15, 0.2) is 36.8 Å². The second kappa shape index (κ2) is 9.04. The van der Waals surface area contributed by atoms with E-state index in [2.05, 4.69) is 20.6 Å². The maximum absolute atomic E-state index is 12.6. The summed E-state index contributed by atoms with van der Waals surface area (Å²) in [6.45, 7) is 2.23. The zero-order valence-electron chi connectivity index (χ0n) is 18.1. The minimum atomic E-state index is -2.93. The van der Waals surface area contributed by atoms with E-state index in [9.17, 15) is 13.2 Å². The van der Waals surface area contributed by atoms with Crippen LogP contribution in [-0.4, -0.2) is 53.5 Å². The van der Waals surface area contributed by atoms with Crippen molar-refractivity contribution in [1.82, 2.24) is 19.9 Å². The maximum atomic E-state index is 12.6. The van der Waals surface area contributed by atoms with Crippen molar-refractivity contribution in [1.29, 1.82) is 0 Å². The summed E-state index contributed by atoms with van der Waals surface area (Å²) >= 11 is 6.48. The molecule has 10 heteroatoms. The van der Waals surface area contributed by atoms with E-state index in [0.29, 0.717) is 30.4 Å². The Morgan fingerprint density at radius 3 is 2.88 bits per heavy atom. The van der Waals surface area contributed by atoms with Gasteiger partial charge in [-0.05, 0) is 55.5 Å². The lowest BCUT2D eigenvalue weighted by molar-refractivity contribution is -0.120. The van der Waals surface area contributed by atoms with Crippen LogP contribution in [0.25, 0.3) is 22.2 Å². The van der Waals surface area contributed by atoms with Crippen LogP contribution in [0, 0.1) is 11.8 Å². The zero-order chi connectivity index (χ0) is 23.0. The molecule has 2 saturated heterocycles. The predicted octanol–water partition coefficient (Wildman–Crippen LogP) is 3.12. The molecule has 2 fully saturated rings. The van der Waals surface area contributed by atoms with Gasteiger partial charge in [-0.25, -0.2) is 18.4 Å². The Bertz CT molecular complexity index is 1300. The van der Waals surface area contributed by atoms with Gasteiger partial charge in [0.15, 0.2) is 9.84 Å². The third-order valence-electron chi connectivity index (χ3n) is 6.49. The number of sulfone groups is 1. The smallest absolute Gasteiger partial charge is 0.229 e. The molecule has 2 aliphatic heterocycles. The lowest BCUT2D eigenvalue weighted by Crippen LogP contribution is -2.37. The van der Waals surface area contributed by atoms with Gasteiger partial charge in [-0.15, -0.1) is 0 Å². The van der Waals surface area contributed by atoms with E-state index in [1.54, 1.807) is 18.6 Å². The summed E-state index contributed by atoms with van der Waals surface area (Å²) in [6.07, 6.45) is 5.84. The fourth-order valence-corrected chi connectivity index (χ4v) is 6.76. The van der Waals surface area contributed by atoms with Gasteiger partial charge in [0.1, 0.15) is 5.82 Å². The number of hydrogen-bond donors (Lipinski definition) is 2. The molecule has 33 heavy (non-hydrogen) atoms. The molecule has 8 nitrogen and oxygen atoms in total. The molecule has 0 aliphatic carbocycles. The highest BCUT2D eigenvalue weighted by Crippen LogP contribution is 2.32. The van der Waals surface area contributed by atoms with E-state index < -0.39 is 9.84 Å². The molecule has 2 aromatic heterocycles. The molecule has 2 atom stereocenters. The molecule has 2 aliphatic rings. The van der Waals surface area contributed by atoms with Crippen molar-refractivity contribution in [3.63, 3.8) is 0 Å². The van der Waals surface area contributed by atoms with E-state index in [-0.39, 0.29) is 29.2 Å². The standard InChI is InChI=1S/C23H26ClN5O3S/c24-19-11-26-22(28-23(30)17-2-1-6-25-10-17)9-18(19)16-3-4-20-21(8-16)29(14-27-20)12-15-5-7-33(31,32)13-15/h3-4,8-9,11,14-15,17,25H,1-2,5-7,10,12-13H2,(H,26,28,30)/t15?,17-/m1/s1. The van der Waals surface area contributed by atoms with Gasteiger partial charge >= 0.3 is 0 Å². The Morgan fingerprint density at radius 2 is 2.12 bits per heavy atom. The topological polar surface area (TPSA) is 106 Å². The molecular weight excluding hydrogens is 462 g/mol. The van der Waals surface area contributed by atoms with Crippen molar-refractivity contribution in [2.75, 3.05) is 29.9 Å². The lowest BCUT2D eigenvalue weighted by atomic mass is 9.99. The molecule has 0 spiro atoms. The first kappa shape index (κ1) is 22.3. The van der Waals surface area contributed by atoms with Crippen molar-refractivity contribution in [2.45, 2.75) is 25.8 Å². The Labute approximate surface area is 197 Å². The fourth-order valence-electron chi connectivity index (χ4n) is 4.70. The molecule has 3 aromatic rings. The number of imidazole rings is 1. The highest BCUT2D eigenvalue weighted by molar-refractivity contribution is 7.91. The third kappa shape index (κ3) is 4.90. The van der Waals surface area contributed by atoms with Crippen LogP contribution in [0.1, 0.15) is 19.3 Å². The van der Waals surface area contributed by atoms with Crippen molar-refractivity contribution in [3.05, 3.63) is 41.8 Å². The number of aromatic nitrogens is 3. The SMILES string of the molecule is O=C(Nc1cc(-c2ccc3ncn(CC4CCS(=O)(=O)C4)c3c2)c(Cl)cn1)[C@@H]1CCCNC1. The summed E-state index contributed by atoms with van der Waals surface area (Å²) in [6, 6.07) is 7.67. The summed E-state index contributed by atoms with van der Waals surface area (Å²) < 4.78 is 25.7. The highest BCUT2D eigenvalue weighted by atomic mass is 35.5. The van der Waals surface area contributed by atoms with Crippen molar-refractivity contribution in [2.24, 2.45) is 11.8 Å². The molecule has 1 unspecified atom stereocenters. The molecule has 4 heterocycles. The summed E-state index contributed by atoms with van der Waals surface area (Å²) in [5.74, 6) is 0.939. The number of hydrogen-bond acceptors (Lipinski definition) is 6. The molecule has 1 aromatic carbocycles. The van der Waals surface area contributed by atoms with Crippen LogP contribution in [0.2, 0.25) is 5.02 Å². The monoisotopic (exact) mass is 487 g/mol. The minimum Gasteiger partial charge on any atom is -0.330 e. The molecule has 2 N–H and O–H groups in total. The molecule has 0 saturated carbocycles. The fraction of sp³-hybridized carbons (Fsp3) is 0.435. The number of carbonyl (C=O) groups is 1. The molecule has 1 amide bonds. The molecular formula is C23H26ClN5O3S. The van der Waals surface area contributed by atoms with Crippen LogP contribution in [0.5, 0.6) is 0 Å². The second-order valence-corrected chi connectivity index (χ2v) is 11.6. The van der Waals surface area contributed by atoms with Crippen LogP contribution in [0.4, 0.5) is 5.82 Å². The quantitative estimate of drug-likeness (QED) is 0.572. The lowest BCUT2D eigenvalue weighted by Gasteiger charge is -2.21. The summed E-state index contributed by atoms with van der Waals surface area (Å²) in [5.41, 5.74) is 3.40. The Balaban J connectivity index is 1.40. The Hall–Kier alpha value is -2.49. The van der Waals surface area contributed by atoms with Crippen molar-refractivity contribution in [3.8, 4) is 11.1 Å². The van der Waals surface area contributed by atoms with Gasteiger partial charge in [0.05, 0.1) is 39.8 Å². The number of benzene rings is 1. The first-order valence-corrected chi connectivity index (χ1v) is 13.4. The number of nitrogens with zero attached hydrogens (tertiary/aromatic N) is 3. The average molecular weight is 488 g/mol.